The van der Waals surface area contributed by atoms with Gasteiger partial charge in [0.2, 0.25) is 0 Å². The lowest BCUT2D eigenvalue weighted by Crippen LogP contribution is -1.98. The molecule has 0 amide bonds. The number of nitrogens with zero attached hydrogens (tertiary/aromatic N) is 5. The molecule has 0 aliphatic heterocycles. The Labute approximate surface area is 252 Å². The van der Waals surface area contributed by atoms with Crippen molar-refractivity contribution in [3.8, 4) is 45.2 Å². The highest BCUT2D eigenvalue weighted by atomic mass is 32.1. The van der Waals surface area contributed by atoms with Crippen LogP contribution in [0.1, 0.15) is 11.1 Å². The minimum Gasteiger partial charge on any atom is -0.247 e. The van der Waals surface area contributed by atoms with E-state index >= 15 is 0 Å². The Morgan fingerprint density at radius 2 is 1.16 bits per heavy atom. The minimum atomic E-state index is 0.671. The molecule has 0 atom stereocenters. The Morgan fingerprint density at radius 1 is 0.512 bits per heavy atom. The molecule has 0 saturated heterocycles. The molecule has 0 fully saturated rings. The number of para-hydroxylation sites is 1. The van der Waals surface area contributed by atoms with E-state index in [1.165, 1.54) is 22.9 Å². The second-order valence-electron chi connectivity index (χ2n) is 10.8. The number of benzene rings is 5. The lowest BCUT2D eigenvalue weighted by atomic mass is 9.95. The zero-order valence-electron chi connectivity index (χ0n) is 23.6. The van der Waals surface area contributed by atoms with E-state index in [-0.39, 0.29) is 0 Å². The number of aryl methyl sites for hydroxylation is 2. The lowest BCUT2D eigenvalue weighted by molar-refractivity contribution is 1.18. The van der Waals surface area contributed by atoms with Gasteiger partial charge in [-0.25, -0.2) is 15.0 Å². The topological polar surface area (TPSA) is 64.5 Å². The Bertz CT molecular complexity index is 2230. The van der Waals surface area contributed by atoms with Crippen LogP contribution in [0.5, 0.6) is 0 Å². The smallest absolute Gasteiger partial charge is 0.160 e. The molecular weight excluding hydrogens is 547 g/mol. The van der Waals surface area contributed by atoms with Crippen LogP contribution in [-0.2, 0) is 0 Å². The summed E-state index contributed by atoms with van der Waals surface area (Å²) in [5.74, 6) is 0.671. The number of rotatable bonds is 4. The first-order chi connectivity index (χ1) is 21.1. The summed E-state index contributed by atoms with van der Waals surface area (Å²) < 4.78 is 9.69. The van der Waals surface area contributed by atoms with Gasteiger partial charge in [0, 0.05) is 38.4 Å². The summed E-state index contributed by atoms with van der Waals surface area (Å²) in [6, 6.07) is 39.7. The Balaban J connectivity index is 1.46. The van der Waals surface area contributed by atoms with Crippen molar-refractivity contribution in [3.63, 3.8) is 0 Å². The molecule has 0 radical (unpaired) electrons. The van der Waals surface area contributed by atoms with Gasteiger partial charge < -0.3 is 0 Å². The number of hydrogen-bond donors (Lipinski definition) is 0. The predicted octanol–water partition coefficient (Wildman–Crippen LogP) is 9.47. The van der Waals surface area contributed by atoms with Crippen LogP contribution < -0.4 is 0 Å². The van der Waals surface area contributed by atoms with Crippen LogP contribution in [0.3, 0.4) is 0 Å². The normalized spacial score (nSPS) is 11.5. The molecule has 8 aromatic rings. The molecule has 8 rings (SSSR count). The van der Waals surface area contributed by atoms with Crippen molar-refractivity contribution in [3.05, 3.63) is 126 Å². The molecule has 5 nitrogen and oxygen atoms in total. The van der Waals surface area contributed by atoms with Crippen LogP contribution in [0.4, 0.5) is 0 Å². The Kier molecular flexibility index (Phi) is 6.02. The molecule has 204 valence electrons. The monoisotopic (exact) mass is 571 g/mol. The second-order valence-corrected chi connectivity index (χ2v) is 11.4. The van der Waals surface area contributed by atoms with E-state index in [4.69, 9.17) is 23.7 Å². The van der Waals surface area contributed by atoms with Crippen molar-refractivity contribution < 1.29 is 0 Å². The van der Waals surface area contributed by atoms with Gasteiger partial charge in [-0.2, -0.15) is 8.75 Å². The fourth-order valence-electron chi connectivity index (χ4n) is 5.66. The Hall–Kier alpha value is -5.33. The fraction of sp³-hybridized carbons (Fsp3) is 0.0541. The van der Waals surface area contributed by atoms with Crippen molar-refractivity contribution in [2.24, 2.45) is 0 Å². The second kappa shape index (κ2) is 10.2. The SMILES string of the molecule is Cc1ccc(-c2cc(-c3cc4c(-c5ccccc5)nc5ccccc5c4c4nsnc34)nc(-c3ccc(C)cc3)n2)cc1. The molecule has 0 unspecified atom stereocenters. The summed E-state index contributed by atoms with van der Waals surface area (Å²) >= 11 is 1.23. The van der Waals surface area contributed by atoms with E-state index in [0.717, 1.165) is 72.0 Å². The molecule has 0 aliphatic carbocycles. The van der Waals surface area contributed by atoms with Crippen molar-refractivity contribution in [2.45, 2.75) is 13.8 Å². The fourth-order valence-corrected chi connectivity index (χ4v) is 6.23. The van der Waals surface area contributed by atoms with Gasteiger partial charge in [-0.15, -0.1) is 0 Å². The van der Waals surface area contributed by atoms with E-state index < -0.39 is 0 Å². The summed E-state index contributed by atoms with van der Waals surface area (Å²) in [4.78, 5) is 15.4. The highest BCUT2D eigenvalue weighted by Crippen LogP contribution is 2.41. The molecule has 3 heterocycles. The van der Waals surface area contributed by atoms with Crippen LogP contribution >= 0.6 is 11.7 Å². The maximum atomic E-state index is 5.17. The molecule has 0 N–H and O–H groups in total. The van der Waals surface area contributed by atoms with E-state index in [1.807, 2.05) is 24.3 Å². The third-order valence-corrected chi connectivity index (χ3v) is 8.43. The van der Waals surface area contributed by atoms with Gasteiger partial charge in [-0.1, -0.05) is 108 Å². The van der Waals surface area contributed by atoms with Crippen LogP contribution in [-0.4, -0.2) is 23.7 Å². The summed E-state index contributed by atoms with van der Waals surface area (Å²) in [6.07, 6.45) is 0. The van der Waals surface area contributed by atoms with Crippen LogP contribution in [0.15, 0.2) is 115 Å². The summed E-state index contributed by atoms with van der Waals surface area (Å²) in [6.45, 7) is 4.18. The largest absolute Gasteiger partial charge is 0.247 e. The van der Waals surface area contributed by atoms with Crippen molar-refractivity contribution in [1.29, 1.82) is 0 Å². The quantitative estimate of drug-likeness (QED) is 0.197. The molecule has 43 heavy (non-hydrogen) atoms. The summed E-state index contributed by atoms with van der Waals surface area (Å²) in [5, 5.41) is 3.14. The minimum absolute atomic E-state index is 0.671. The van der Waals surface area contributed by atoms with Gasteiger partial charge in [0.1, 0.15) is 11.0 Å². The van der Waals surface area contributed by atoms with Gasteiger partial charge in [0.25, 0.3) is 0 Å². The molecule has 6 heteroatoms. The molecular formula is C37H25N5S. The van der Waals surface area contributed by atoms with E-state index in [9.17, 15) is 0 Å². The first-order valence-electron chi connectivity index (χ1n) is 14.2. The predicted molar refractivity (Wildman–Crippen MR) is 177 cm³/mol. The molecule has 0 saturated carbocycles. The highest BCUT2D eigenvalue weighted by Gasteiger charge is 2.21. The molecule has 3 aromatic heterocycles. The van der Waals surface area contributed by atoms with Gasteiger partial charge in [-0.3, -0.25) is 0 Å². The van der Waals surface area contributed by atoms with Gasteiger partial charge >= 0.3 is 0 Å². The summed E-state index contributed by atoms with van der Waals surface area (Å²) in [7, 11) is 0. The average molecular weight is 572 g/mol. The third kappa shape index (κ3) is 4.44. The van der Waals surface area contributed by atoms with Crippen molar-refractivity contribution in [2.75, 3.05) is 0 Å². The number of fused-ring (bicyclic) bond motifs is 5. The first kappa shape index (κ1) is 25.4. The van der Waals surface area contributed by atoms with Gasteiger partial charge in [0.05, 0.1) is 34.3 Å². The zero-order chi connectivity index (χ0) is 28.9. The number of aromatic nitrogens is 5. The maximum Gasteiger partial charge on any atom is 0.160 e. The molecule has 0 aliphatic rings. The number of pyridine rings is 1. The Morgan fingerprint density at radius 3 is 1.93 bits per heavy atom. The molecule has 0 spiro atoms. The van der Waals surface area contributed by atoms with Crippen LogP contribution in [0.25, 0.3) is 77.9 Å². The lowest BCUT2D eigenvalue weighted by Gasteiger charge is -2.14. The standard InChI is InChI=1S/C37H25N5S/c1-22-12-16-24(17-13-22)31-21-32(40-37(39-31)26-18-14-23(2)15-19-26)28-20-29-33(36-35(28)41-43-42-36)27-10-6-7-11-30(27)38-34(29)25-8-4-3-5-9-25/h3-21H,1-2H3. The van der Waals surface area contributed by atoms with Gasteiger partial charge in [-0.05, 0) is 32.0 Å². The average Bonchev–Trinajstić information content (AvgIpc) is 3.55. The maximum absolute atomic E-state index is 5.17. The van der Waals surface area contributed by atoms with Crippen molar-refractivity contribution >= 4 is 44.4 Å². The van der Waals surface area contributed by atoms with Crippen LogP contribution in [0, 0.1) is 13.8 Å². The third-order valence-electron chi connectivity index (χ3n) is 7.91. The van der Waals surface area contributed by atoms with E-state index in [0.29, 0.717) is 5.82 Å². The first-order valence-corrected chi connectivity index (χ1v) is 14.9. The van der Waals surface area contributed by atoms with E-state index in [2.05, 4.69) is 105 Å². The van der Waals surface area contributed by atoms with E-state index in [1.54, 1.807) is 0 Å². The number of hydrogen-bond acceptors (Lipinski definition) is 6. The van der Waals surface area contributed by atoms with Crippen molar-refractivity contribution in [1.82, 2.24) is 23.7 Å². The van der Waals surface area contributed by atoms with Crippen LogP contribution in [0.2, 0.25) is 0 Å². The molecule has 5 aromatic carbocycles. The zero-order valence-corrected chi connectivity index (χ0v) is 24.4. The highest BCUT2D eigenvalue weighted by molar-refractivity contribution is 7.00. The summed E-state index contributed by atoms with van der Waals surface area (Å²) in [5.41, 5.74) is 11.6. The van der Waals surface area contributed by atoms with Gasteiger partial charge in [0.15, 0.2) is 5.82 Å². The molecule has 0 bridgehead atoms.